The predicted octanol–water partition coefficient (Wildman–Crippen LogP) is 4.69. The Labute approximate surface area is 256 Å². The molecule has 1 unspecified atom stereocenters. The van der Waals surface area contributed by atoms with Gasteiger partial charge in [-0.15, -0.1) is 0 Å². The number of hydrogen-bond donors (Lipinski definition) is 3. The van der Waals surface area contributed by atoms with Crippen LogP contribution in [0, 0.1) is 17.7 Å². The van der Waals surface area contributed by atoms with Crippen LogP contribution in [0.4, 0.5) is 15.9 Å². The van der Waals surface area contributed by atoms with Gasteiger partial charge < -0.3 is 16.2 Å². The molecule has 6 rings (SSSR count). The summed E-state index contributed by atoms with van der Waals surface area (Å²) in [6.45, 7) is 2.37. The molecular formula is C34H38FN5O4. The molecule has 1 aliphatic carbocycles. The molecule has 3 heterocycles. The Bertz CT molecular complexity index is 1570. The molecule has 1 aromatic heterocycles. The molecule has 0 bridgehead atoms. The number of Topliss-reactive ketones (excluding diaryl/α,β-unsaturated/α-hetero) is 1. The Morgan fingerprint density at radius 1 is 0.977 bits per heavy atom. The lowest BCUT2D eigenvalue weighted by Gasteiger charge is -2.33. The Morgan fingerprint density at radius 2 is 1.80 bits per heavy atom. The number of ketones is 1. The van der Waals surface area contributed by atoms with E-state index in [4.69, 9.17) is 5.73 Å². The molecule has 2 aromatic carbocycles. The number of fused-ring (bicyclic) bond motifs is 1. The number of amides is 2. The highest BCUT2D eigenvalue weighted by atomic mass is 19.1. The standard InChI is InChI=1S/C34H38FN5O4/c35-24-18-30-32(43)29(10-6-21-4-7-25(36)8-5-21)34(44)40(33(30)38-19-24)26-3-1-2-22(16-26)28-11-9-27(41)17-23(28)20-39-14-12-31(42)37-13-15-39/h1-3,9,11,16-19,21,25,29,41H,4-8,10,12-15,20,36H2,(H,37,42). The van der Waals surface area contributed by atoms with Gasteiger partial charge in [-0.3, -0.25) is 24.2 Å². The molecule has 2 aliphatic heterocycles. The monoisotopic (exact) mass is 599 g/mol. The number of pyridine rings is 1. The number of anilines is 2. The number of rotatable bonds is 7. The van der Waals surface area contributed by atoms with Gasteiger partial charge in [0.2, 0.25) is 11.8 Å². The van der Waals surface area contributed by atoms with Crippen molar-refractivity contribution in [2.45, 2.75) is 57.5 Å². The van der Waals surface area contributed by atoms with Crippen molar-refractivity contribution in [2.75, 3.05) is 24.5 Å². The van der Waals surface area contributed by atoms with E-state index in [9.17, 15) is 23.9 Å². The van der Waals surface area contributed by atoms with Gasteiger partial charge in [0.15, 0.2) is 11.6 Å². The molecule has 44 heavy (non-hydrogen) atoms. The Hall–Kier alpha value is -4.15. The van der Waals surface area contributed by atoms with Gasteiger partial charge in [0.05, 0.1) is 17.4 Å². The first-order chi connectivity index (χ1) is 21.3. The number of carbonyl (C=O) groups is 3. The number of aromatic hydroxyl groups is 1. The summed E-state index contributed by atoms with van der Waals surface area (Å²) in [7, 11) is 0. The van der Waals surface area contributed by atoms with Crippen LogP contribution in [-0.4, -0.2) is 58.3 Å². The summed E-state index contributed by atoms with van der Waals surface area (Å²) in [5.41, 5.74) is 9.26. The van der Waals surface area contributed by atoms with Gasteiger partial charge in [-0.25, -0.2) is 9.37 Å². The van der Waals surface area contributed by atoms with Crippen LogP contribution in [0.25, 0.3) is 11.1 Å². The largest absolute Gasteiger partial charge is 0.508 e. The van der Waals surface area contributed by atoms with Crippen LogP contribution in [0.15, 0.2) is 54.7 Å². The second kappa shape index (κ2) is 12.8. The summed E-state index contributed by atoms with van der Waals surface area (Å²) >= 11 is 0. The second-order valence-corrected chi connectivity index (χ2v) is 12.2. The minimum absolute atomic E-state index is 0.0241. The van der Waals surface area contributed by atoms with Gasteiger partial charge in [0, 0.05) is 38.6 Å². The number of phenolic OH excluding ortho intramolecular Hbond substituents is 1. The fourth-order valence-electron chi connectivity index (χ4n) is 6.75. The molecule has 3 aliphatic rings. The molecule has 2 fully saturated rings. The molecule has 1 atom stereocenters. The highest BCUT2D eigenvalue weighted by molar-refractivity contribution is 6.23. The number of hydrogen-bond acceptors (Lipinski definition) is 7. The third kappa shape index (κ3) is 6.37. The fraction of sp³-hybridized carbons (Fsp3) is 0.412. The van der Waals surface area contributed by atoms with E-state index < -0.39 is 11.7 Å². The van der Waals surface area contributed by atoms with Gasteiger partial charge in [-0.2, -0.15) is 0 Å². The molecule has 4 N–H and O–H groups in total. The number of benzene rings is 2. The van der Waals surface area contributed by atoms with Gasteiger partial charge in [0.1, 0.15) is 17.5 Å². The van der Waals surface area contributed by atoms with Crippen LogP contribution in [0.2, 0.25) is 0 Å². The Morgan fingerprint density at radius 3 is 2.61 bits per heavy atom. The number of nitrogens with zero attached hydrogens (tertiary/aromatic N) is 3. The minimum Gasteiger partial charge on any atom is -0.508 e. The molecule has 3 aromatic rings. The summed E-state index contributed by atoms with van der Waals surface area (Å²) in [4.78, 5) is 47.3. The molecule has 0 radical (unpaired) electrons. The molecule has 0 spiro atoms. The average Bonchev–Trinajstić information content (AvgIpc) is 3.22. The van der Waals surface area contributed by atoms with Gasteiger partial charge in [-0.05, 0) is 91.5 Å². The lowest BCUT2D eigenvalue weighted by Crippen LogP contribution is -2.43. The first-order valence-electron chi connectivity index (χ1n) is 15.5. The van der Waals surface area contributed by atoms with Crippen molar-refractivity contribution < 1.29 is 23.9 Å². The Balaban J connectivity index is 1.32. The molecule has 1 saturated carbocycles. The predicted molar refractivity (Wildman–Crippen MR) is 165 cm³/mol. The highest BCUT2D eigenvalue weighted by Gasteiger charge is 2.41. The zero-order valence-corrected chi connectivity index (χ0v) is 24.7. The zero-order valence-electron chi connectivity index (χ0n) is 24.7. The van der Waals surface area contributed by atoms with Crippen LogP contribution < -0.4 is 16.0 Å². The maximum absolute atomic E-state index is 14.4. The van der Waals surface area contributed by atoms with E-state index in [1.54, 1.807) is 18.2 Å². The second-order valence-electron chi connectivity index (χ2n) is 12.2. The number of carbonyl (C=O) groups excluding carboxylic acids is 3. The number of halogens is 1. The highest BCUT2D eigenvalue weighted by Crippen LogP contribution is 2.40. The van der Waals surface area contributed by atoms with Crippen molar-refractivity contribution in [1.82, 2.24) is 15.2 Å². The van der Waals surface area contributed by atoms with Crippen molar-refractivity contribution in [2.24, 2.45) is 17.6 Å². The van der Waals surface area contributed by atoms with Gasteiger partial charge in [0.25, 0.3) is 0 Å². The fourth-order valence-corrected chi connectivity index (χ4v) is 6.75. The van der Waals surface area contributed by atoms with Gasteiger partial charge in [-0.1, -0.05) is 18.2 Å². The van der Waals surface area contributed by atoms with E-state index in [2.05, 4.69) is 15.2 Å². The van der Waals surface area contributed by atoms with Crippen LogP contribution in [0.5, 0.6) is 5.75 Å². The zero-order chi connectivity index (χ0) is 30.8. The van der Waals surface area contributed by atoms with Crippen molar-refractivity contribution in [3.63, 3.8) is 0 Å². The van der Waals surface area contributed by atoms with Crippen molar-refractivity contribution in [3.05, 3.63) is 71.7 Å². The summed E-state index contributed by atoms with van der Waals surface area (Å²) in [6, 6.07) is 14.0. The molecule has 230 valence electrons. The lowest BCUT2D eigenvalue weighted by molar-refractivity contribution is -0.121. The van der Waals surface area contributed by atoms with Crippen LogP contribution in [-0.2, 0) is 16.1 Å². The lowest BCUT2D eigenvalue weighted by atomic mass is 9.80. The summed E-state index contributed by atoms with van der Waals surface area (Å²) < 4.78 is 14.4. The number of aromatic nitrogens is 1. The van der Waals surface area contributed by atoms with E-state index in [-0.39, 0.29) is 40.8 Å². The normalized spacial score (nSPS) is 22.8. The smallest absolute Gasteiger partial charge is 0.243 e. The molecular weight excluding hydrogens is 561 g/mol. The average molecular weight is 600 g/mol. The third-order valence-corrected chi connectivity index (χ3v) is 9.20. The third-order valence-electron chi connectivity index (χ3n) is 9.20. The molecule has 1 saturated heterocycles. The molecule has 10 heteroatoms. The van der Waals surface area contributed by atoms with Crippen molar-refractivity contribution in [3.8, 4) is 16.9 Å². The Kier molecular flexibility index (Phi) is 8.72. The SMILES string of the molecule is NC1CCC(CCC2C(=O)c3cc(F)cnc3N(c3cccc(-c4ccc(O)cc4CN4CCNC(=O)CC4)c3)C2=O)CC1. The topological polar surface area (TPSA) is 129 Å². The van der Waals surface area contributed by atoms with E-state index in [0.29, 0.717) is 50.6 Å². The van der Waals surface area contributed by atoms with E-state index in [1.807, 2.05) is 24.3 Å². The summed E-state index contributed by atoms with van der Waals surface area (Å²) in [5.74, 6) is -1.60. The van der Waals surface area contributed by atoms with E-state index >= 15 is 0 Å². The van der Waals surface area contributed by atoms with Crippen molar-refractivity contribution in [1.29, 1.82) is 0 Å². The summed E-state index contributed by atoms with van der Waals surface area (Å²) in [6.07, 6.45) is 6.40. The minimum atomic E-state index is -0.922. The first kappa shape index (κ1) is 29.9. The number of nitrogens with two attached hydrogens (primary N) is 1. The van der Waals surface area contributed by atoms with E-state index in [0.717, 1.165) is 55.0 Å². The van der Waals surface area contributed by atoms with Crippen LogP contribution in [0.3, 0.4) is 0 Å². The quantitative estimate of drug-likeness (QED) is 0.336. The number of phenols is 1. The van der Waals surface area contributed by atoms with Crippen LogP contribution in [0.1, 0.15) is 60.9 Å². The first-order valence-corrected chi connectivity index (χ1v) is 15.5. The summed E-state index contributed by atoms with van der Waals surface area (Å²) in [5, 5.41) is 13.2. The molecule has 2 amide bonds. The van der Waals surface area contributed by atoms with Crippen LogP contribution >= 0.6 is 0 Å². The number of nitrogens with one attached hydrogen (secondary N) is 1. The maximum Gasteiger partial charge on any atom is 0.243 e. The molecule has 9 nitrogen and oxygen atoms in total. The maximum atomic E-state index is 14.4. The van der Waals surface area contributed by atoms with E-state index in [1.165, 1.54) is 11.0 Å². The van der Waals surface area contributed by atoms with Crippen molar-refractivity contribution >= 4 is 29.1 Å². The van der Waals surface area contributed by atoms with Gasteiger partial charge >= 0.3 is 0 Å².